The molecule has 0 fully saturated rings. The summed E-state index contributed by atoms with van der Waals surface area (Å²) in [5, 5.41) is 7.23. The topological polar surface area (TPSA) is 64.0 Å². The summed E-state index contributed by atoms with van der Waals surface area (Å²) >= 11 is 0. The summed E-state index contributed by atoms with van der Waals surface area (Å²) in [5.74, 6) is 0.134. The third-order valence-corrected chi connectivity index (χ3v) is 5.10. The lowest BCUT2D eigenvalue weighted by molar-refractivity contribution is 0.413. The summed E-state index contributed by atoms with van der Waals surface area (Å²) in [6.45, 7) is 10.8. The summed E-state index contributed by atoms with van der Waals surface area (Å²) in [6, 6.07) is 1.92. The maximum atomic E-state index is 11.8. The Balaban J connectivity index is 2.64. The number of aryl methyl sites for hydroxylation is 1. The molecule has 0 amide bonds. The van der Waals surface area contributed by atoms with Gasteiger partial charge in [0.1, 0.15) is 0 Å². The van der Waals surface area contributed by atoms with Crippen LogP contribution in [-0.4, -0.2) is 34.7 Å². The molecule has 19 heavy (non-hydrogen) atoms. The summed E-state index contributed by atoms with van der Waals surface area (Å²) in [6.07, 6.45) is 1.71. The molecular weight excluding hydrogens is 262 g/mol. The molecule has 0 atom stereocenters. The van der Waals surface area contributed by atoms with Gasteiger partial charge in [-0.05, 0) is 40.7 Å². The second-order valence-corrected chi connectivity index (χ2v) is 8.74. The van der Waals surface area contributed by atoms with E-state index in [2.05, 4.69) is 31.2 Å². The molecule has 1 aromatic rings. The van der Waals surface area contributed by atoms with Crippen molar-refractivity contribution in [2.75, 3.05) is 5.75 Å². The summed E-state index contributed by atoms with van der Waals surface area (Å²) < 4.78 is 25.4. The van der Waals surface area contributed by atoms with Crippen LogP contribution in [-0.2, 0) is 22.9 Å². The number of aromatic nitrogens is 2. The van der Waals surface area contributed by atoms with E-state index in [1.165, 1.54) is 0 Å². The molecule has 0 spiro atoms. The first-order chi connectivity index (χ1) is 8.62. The number of rotatable bonds is 6. The van der Waals surface area contributed by atoms with Crippen LogP contribution in [0.3, 0.4) is 0 Å². The predicted molar refractivity (Wildman–Crippen MR) is 77.7 cm³/mol. The molecule has 6 heteroatoms. The first kappa shape index (κ1) is 16.2. The zero-order valence-corrected chi connectivity index (χ0v) is 13.3. The van der Waals surface area contributed by atoms with Crippen LogP contribution in [0.5, 0.6) is 0 Å². The third-order valence-electron chi connectivity index (χ3n) is 2.91. The highest BCUT2D eigenvalue weighted by Crippen LogP contribution is 2.06. The molecule has 0 bridgehead atoms. The first-order valence-corrected chi connectivity index (χ1v) is 8.30. The van der Waals surface area contributed by atoms with Crippen LogP contribution in [0.25, 0.3) is 0 Å². The number of nitrogens with one attached hydrogen (secondary N) is 1. The fourth-order valence-electron chi connectivity index (χ4n) is 1.52. The van der Waals surface area contributed by atoms with Gasteiger partial charge in [0.05, 0.1) is 23.2 Å². The van der Waals surface area contributed by atoms with E-state index in [1.807, 2.05) is 6.07 Å². The molecule has 5 nitrogen and oxygen atoms in total. The van der Waals surface area contributed by atoms with Gasteiger partial charge in [-0.1, -0.05) is 0 Å². The molecule has 1 N–H and O–H groups in total. The highest BCUT2D eigenvalue weighted by molar-refractivity contribution is 7.91. The van der Waals surface area contributed by atoms with E-state index in [4.69, 9.17) is 0 Å². The van der Waals surface area contributed by atoms with Crippen LogP contribution < -0.4 is 5.32 Å². The molecule has 0 radical (unpaired) electrons. The molecule has 1 rings (SSSR count). The summed E-state index contributed by atoms with van der Waals surface area (Å²) in [4.78, 5) is 0. The standard InChI is InChI=1S/C13H25N3O2S/c1-11(2)19(17,18)9-8-16-12(6-7-15-16)10-14-13(3,4)5/h6-7,11,14H,8-10H2,1-5H3. The Kier molecular flexibility index (Phi) is 5.15. The van der Waals surface area contributed by atoms with Gasteiger partial charge in [0, 0.05) is 18.3 Å². The third kappa shape index (κ3) is 5.32. The Morgan fingerprint density at radius 2 is 2.00 bits per heavy atom. The molecular formula is C13H25N3O2S. The second kappa shape index (κ2) is 6.05. The van der Waals surface area contributed by atoms with Crippen molar-refractivity contribution in [1.29, 1.82) is 0 Å². The van der Waals surface area contributed by atoms with E-state index in [0.717, 1.165) is 5.69 Å². The van der Waals surface area contributed by atoms with Crippen molar-refractivity contribution < 1.29 is 8.42 Å². The lowest BCUT2D eigenvalue weighted by atomic mass is 10.1. The molecule has 0 aromatic carbocycles. The molecule has 0 aliphatic carbocycles. The molecule has 0 saturated heterocycles. The lowest BCUT2D eigenvalue weighted by Crippen LogP contribution is -2.36. The molecule has 1 heterocycles. The van der Waals surface area contributed by atoms with E-state index >= 15 is 0 Å². The fourth-order valence-corrected chi connectivity index (χ4v) is 2.42. The average Bonchev–Trinajstić information content (AvgIpc) is 2.70. The van der Waals surface area contributed by atoms with Crippen molar-refractivity contribution in [3.8, 4) is 0 Å². The van der Waals surface area contributed by atoms with Gasteiger partial charge < -0.3 is 5.32 Å². The van der Waals surface area contributed by atoms with Crippen LogP contribution in [0.2, 0.25) is 0 Å². The lowest BCUT2D eigenvalue weighted by Gasteiger charge is -2.20. The van der Waals surface area contributed by atoms with Crippen molar-refractivity contribution in [3.05, 3.63) is 18.0 Å². The van der Waals surface area contributed by atoms with Gasteiger partial charge in [0.25, 0.3) is 0 Å². The van der Waals surface area contributed by atoms with E-state index in [9.17, 15) is 8.42 Å². The van der Waals surface area contributed by atoms with Gasteiger partial charge >= 0.3 is 0 Å². The maximum Gasteiger partial charge on any atom is 0.154 e. The Morgan fingerprint density at radius 3 is 2.53 bits per heavy atom. The van der Waals surface area contributed by atoms with Crippen LogP contribution in [0.15, 0.2) is 12.3 Å². The molecule has 1 aromatic heterocycles. The van der Waals surface area contributed by atoms with Crippen molar-refractivity contribution >= 4 is 9.84 Å². The summed E-state index contributed by atoms with van der Waals surface area (Å²) in [7, 11) is -3.02. The number of sulfone groups is 1. The number of hydrogen-bond donors (Lipinski definition) is 1. The molecule has 0 aliphatic rings. The molecule has 0 unspecified atom stereocenters. The maximum absolute atomic E-state index is 11.8. The van der Waals surface area contributed by atoms with Crippen LogP contribution in [0, 0.1) is 0 Å². The van der Waals surface area contributed by atoms with Crippen LogP contribution in [0.4, 0.5) is 0 Å². The minimum absolute atomic E-state index is 0.0269. The fraction of sp³-hybridized carbons (Fsp3) is 0.769. The highest BCUT2D eigenvalue weighted by Gasteiger charge is 2.17. The smallest absolute Gasteiger partial charge is 0.154 e. The van der Waals surface area contributed by atoms with Crippen molar-refractivity contribution in [3.63, 3.8) is 0 Å². The van der Waals surface area contributed by atoms with Crippen LogP contribution >= 0.6 is 0 Å². The Hall–Kier alpha value is -0.880. The van der Waals surface area contributed by atoms with Gasteiger partial charge in [-0.2, -0.15) is 5.10 Å². The van der Waals surface area contributed by atoms with Crippen molar-refractivity contribution in [1.82, 2.24) is 15.1 Å². The highest BCUT2D eigenvalue weighted by atomic mass is 32.2. The monoisotopic (exact) mass is 287 g/mol. The van der Waals surface area contributed by atoms with Gasteiger partial charge in [-0.3, -0.25) is 4.68 Å². The van der Waals surface area contributed by atoms with E-state index in [-0.39, 0.29) is 16.5 Å². The van der Waals surface area contributed by atoms with Crippen LogP contribution in [0.1, 0.15) is 40.3 Å². The van der Waals surface area contributed by atoms with E-state index in [0.29, 0.717) is 13.1 Å². The van der Waals surface area contributed by atoms with E-state index < -0.39 is 9.84 Å². The largest absolute Gasteiger partial charge is 0.306 e. The predicted octanol–water partition coefficient (Wildman–Crippen LogP) is 1.59. The first-order valence-electron chi connectivity index (χ1n) is 6.59. The zero-order valence-electron chi connectivity index (χ0n) is 12.5. The normalized spacial score (nSPS) is 13.2. The number of hydrogen-bond acceptors (Lipinski definition) is 4. The van der Waals surface area contributed by atoms with Gasteiger partial charge in [0.2, 0.25) is 0 Å². The van der Waals surface area contributed by atoms with Gasteiger partial charge in [0.15, 0.2) is 9.84 Å². The minimum Gasteiger partial charge on any atom is -0.306 e. The molecule has 0 saturated carbocycles. The molecule has 0 aliphatic heterocycles. The average molecular weight is 287 g/mol. The van der Waals surface area contributed by atoms with Gasteiger partial charge in [-0.15, -0.1) is 0 Å². The van der Waals surface area contributed by atoms with Gasteiger partial charge in [-0.25, -0.2) is 8.42 Å². The van der Waals surface area contributed by atoms with Crippen molar-refractivity contribution in [2.24, 2.45) is 0 Å². The molecule has 110 valence electrons. The second-order valence-electron chi connectivity index (χ2n) is 6.06. The SMILES string of the molecule is CC(C)S(=O)(=O)CCn1nccc1CNC(C)(C)C. The van der Waals surface area contributed by atoms with Crippen molar-refractivity contribution in [2.45, 2.75) is 58.5 Å². The Labute approximate surface area is 116 Å². The summed E-state index contributed by atoms with van der Waals surface area (Å²) in [5.41, 5.74) is 1.04. The quantitative estimate of drug-likeness (QED) is 0.863. The minimum atomic E-state index is -3.02. The Bertz CT molecular complexity index is 498. The van der Waals surface area contributed by atoms with E-state index in [1.54, 1.807) is 24.7 Å². The zero-order chi connectivity index (χ0) is 14.7. The Morgan fingerprint density at radius 1 is 1.37 bits per heavy atom. The number of nitrogens with zero attached hydrogens (tertiary/aromatic N) is 2.